The Hall–Kier alpha value is -3.72. The van der Waals surface area contributed by atoms with Gasteiger partial charge in [-0.25, -0.2) is 4.39 Å². The zero-order valence-electron chi connectivity index (χ0n) is 14.7. The number of aromatic amines is 1. The van der Waals surface area contributed by atoms with Crippen LogP contribution in [0.5, 0.6) is 5.88 Å². The number of H-pyrrole nitrogens is 1. The third kappa shape index (κ3) is 3.94. The van der Waals surface area contributed by atoms with Gasteiger partial charge in [0.05, 0.1) is 10.3 Å². The highest BCUT2D eigenvalue weighted by Crippen LogP contribution is 2.21. The number of carbonyl (C=O) groups is 1. The maximum Gasteiger partial charge on any atom is 0.307 e. The first-order valence-electron chi connectivity index (χ1n) is 8.44. The van der Waals surface area contributed by atoms with Gasteiger partial charge in [-0.3, -0.25) is 19.4 Å². The molecule has 0 aliphatic rings. The molecule has 9 heteroatoms. The molecule has 3 N–H and O–H groups in total. The van der Waals surface area contributed by atoms with Gasteiger partial charge in [0.1, 0.15) is 11.4 Å². The van der Waals surface area contributed by atoms with E-state index in [4.69, 9.17) is 4.42 Å². The van der Waals surface area contributed by atoms with Crippen LogP contribution in [-0.4, -0.2) is 16.0 Å². The summed E-state index contributed by atoms with van der Waals surface area (Å²) >= 11 is 0.925. The summed E-state index contributed by atoms with van der Waals surface area (Å²) in [5.41, 5.74) is 0.814. The van der Waals surface area contributed by atoms with Gasteiger partial charge >= 0.3 is 4.87 Å². The fourth-order valence-corrected chi connectivity index (χ4v) is 3.55. The Morgan fingerprint density at radius 2 is 1.90 bits per heavy atom. The predicted octanol–water partition coefficient (Wildman–Crippen LogP) is 3.23. The summed E-state index contributed by atoms with van der Waals surface area (Å²) in [6.45, 7) is 0. The number of thiazole rings is 1. The molecule has 0 saturated heterocycles. The van der Waals surface area contributed by atoms with Gasteiger partial charge in [0.25, 0.3) is 5.91 Å². The van der Waals surface area contributed by atoms with Crippen molar-refractivity contribution in [3.63, 3.8) is 0 Å². The van der Waals surface area contributed by atoms with Crippen molar-refractivity contribution in [2.75, 3.05) is 5.32 Å². The summed E-state index contributed by atoms with van der Waals surface area (Å²) in [5.74, 6) is -1.62. The number of rotatable bonds is 4. The summed E-state index contributed by atoms with van der Waals surface area (Å²) in [5, 5.41) is 12.4. The summed E-state index contributed by atoms with van der Waals surface area (Å²) < 4.78 is 18.7. The van der Waals surface area contributed by atoms with Crippen molar-refractivity contribution in [2.24, 2.45) is 0 Å². The van der Waals surface area contributed by atoms with Gasteiger partial charge in [0, 0.05) is 24.2 Å². The van der Waals surface area contributed by atoms with Crippen molar-refractivity contribution in [2.45, 2.75) is 6.42 Å². The van der Waals surface area contributed by atoms with Crippen LogP contribution < -0.4 is 15.6 Å². The van der Waals surface area contributed by atoms with Gasteiger partial charge in [-0.05, 0) is 29.8 Å². The first kappa shape index (κ1) is 18.6. The molecule has 0 unspecified atom stereocenters. The molecular formula is C20H13FN2O5S. The number of fused-ring (bicyclic) bond motifs is 1. The number of aromatic nitrogens is 1. The van der Waals surface area contributed by atoms with Gasteiger partial charge in [0.15, 0.2) is 11.2 Å². The van der Waals surface area contributed by atoms with Crippen LogP contribution in [-0.2, 0) is 6.42 Å². The molecule has 0 spiro atoms. The van der Waals surface area contributed by atoms with Gasteiger partial charge in [-0.15, -0.1) is 0 Å². The number of carbonyl (C=O) groups excluding carboxylic acids is 1. The van der Waals surface area contributed by atoms with E-state index >= 15 is 0 Å². The number of halogens is 1. The Kier molecular flexibility index (Phi) is 4.73. The normalized spacial score (nSPS) is 10.9. The zero-order chi connectivity index (χ0) is 20.5. The number of anilines is 1. The molecular weight excluding hydrogens is 399 g/mol. The lowest BCUT2D eigenvalue weighted by Crippen LogP contribution is -2.15. The first-order chi connectivity index (χ1) is 13.9. The van der Waals surface area contributed by atoms with Crippen molar-refractivity contribution < 1.29 is 18.7 Å². The van der Waals surface area contributed by atoms with E-state index in [2.05, 4.69) is 10.3 Å². The number of amides is 1. The molecule has 0 aliphatic carbocycles. The van der Waals surface area contributed by atoms with Crippen LogP contribution in [0.4, 0.5) is 10.1 Å². The predicted molar refractivity (Wildman–Crippen MR) is 106 cm³/mol. The SMILES string of the molecule is O=C(Nc1ccc(Cc2sc(=O)[nH]c2O)cc1)c1cc(=O)c2ccc(F)cc2o1. The van der Waals surface area contributed by atoms with Crippen LogP contribution in [0, 0.1) is 5.82 Å². The van der Waals surface area contributed by atoms with E-state index in [9.17, 15) is 23.9 Å². The van der Waals surface area contributed by atoms with Gasteiger partial charge in [-0.2, -0.15) is 0 Å². The number of aromatic hydroxyl groups is 1. The average molecular weight is 412 g/mol. The lowest BCUT2D eigenvalue weighted by atomic mass is 10.1. The van der Waals surface area contributed by atoms with Crippen molar-refractivity contribution in [3.05, 3.63) is 90.4 Å². The molecule has 146 valence electrons. The molecule has 0 fully saturated rings. The lowest BCUT2D eigenvalue weighted by molar-refractivity contribution is 0.0997. The average Bonchev–Trinajstić information content (AvgIpc) is 2.99. The highest BCUT2D eigenvalue weighted by Gasteiger charge is 2.14. The number of hydrogen-bond donors (Lipinski definition) is 3. The molecule has 0 aliphatic heterocycles. The molecule has 29 heavy (non-hydrogen) atoms. The number of nitrogens with one attached hydrogen (secondary N) is 2. The monoisotopic (exact) mass is 412 g/mol. The zero-order valence-corrected chi connectivity index (χ0v) is 15.5. The second kappa shape index (κ2) is 7.36. The second-order valence-electron chi connectivity index (χ2n) is 6.23. The maximum atomic E-state index is 13.4. The van der Waals surface area contributed by atoms with Crippen molar-refractivity contribution in [1.82, 2.24) is 4.98 Å². The van der Waals surface area contributed by atoms with E-state index in [0.29, 0.717) is 17.0 Å². The van der Waals surface area contributed by atoms with Gasteiger partial charge < -0.3 is 14.8 Å². The van der Waals surface area contributed by atoms with Crippen molar-refractivity contribution in [1.29, 1.82) is 0 Å². The quantitative estimate of drug-likeness (QED) is 0.476. The second-order valence-corrected chi connectivity index (χ2v) is 7.30. The number of hydrogen-bond acceptors (Lipinski definition) is 6. The third-order valence-electron chi connectivity index (χ3n) is 4.19. The molecule has 0 bridgehead atoms. The minimum atomic E-state index is -0.650. The smallest absolute Gasteiger partial charge is 0.307 e. The van der Waals surface area contributed by atoms with E-state index < -0.39 is 17.2 Å². The molecule has 2 aromatic carbocycles. The molecule has 7 nitrogen and oxygen atoms in total. The van der Waals surface area contributed by atoms with Gasteiger partial charge in [-0.1, -0.05) is 23.5 Å². The first-order valence-corrected chi connectivity index (χ1v) is 9.25. The Labute approximate surface area is 166 Å². The van der Waals surface area contributed by atoms with Crippen LogP contribution in [0.25, 0.3) is 11.0 Å². The van der Waals surface area contributed by atoms with Crippen molar-refractivity contribution >= 4 is 33.9 Å². The third-order valence-corrected chi connectivity index (χ3v) is 5.06. The van der Waals surface area contributed by atoms with Gasteiger partial charge in [0.2, 0.25) is 5.88 Å². The molecule has 0 saturated carbocycles. The Morgan fingerprint density at radius 1 is 1.14 bits per heavy atom. The minimum Gasteiger partial charge on any atom is -0.494 e. The molecule has 4 aromatic rings. The van der Waals surface area contributed by atoms with E-state index in [1.165, 1.54) is 6.07 Å². The largest absolute Gasteiger partial charge is 0.494 e. The Balaban J connectivity index is 1.52. The summed E-state index contributed by atoms with van der Waals surface area (Å²) in [4.78, 5) is 38.2. The van der Waals surface area contributed by atoms with Crippen LogP contribution >= 0.6 is 11.3 Å². The fourth-order valence-electron chi connectivity index (χ4n) is 2.80. The highest BCUT2D eigenvalue weighted by atomic mass is 32.1. The Morgan fingerprint density at radius 3 is 2.59 bits per heavy atom. The fraction of sp³-hybridized carbons (Fsp3) is 0.0500. The van der Waals surface area contributed by atoms with E-state index in [1.54, 1.807) is 24.3 Å². The molecule has 0 radical (unpaired) electrons. The van der Waals surface area contributed by atoms with Crippen LogP contribution in [0.15, 0.2) is 62.5 Å². The molecule has 1 amide bonds. The molecule has 2 heterocycles. The van der Waals surface area contributed by atoms with E-state index in [0.717, 1.165) is 35.1 Å². The van der Waals surface area contributed by atoms with Crippen molar-refractivity contribution in [3.8, 4) is 5.88 Å². The molecule has 0 atom stereocenters. The summed E-state index contributed by atoms with van der Waals surface area (Å²) in [6.07, 6.45) is 0.356. The maximum absolute atomic E-state index is 13.4. The van der Waals surface area contributed by atoms with Crippen LogP contribution in [0.3, 0.4) is 0 Å². The molecule has 2 aromatic heterocycles. The van der Waals surface area contributed by atoms with E-state index in [-0.39, 0.29) is 27.5 Å². The topological polar surface area (TPSA) is 112 Å². The summed E-state index contributed by atoms with van der Waals surface area (Å²) in [6, 6.07) is 11.3. The van der Waals surface area contributed by atoms with E-state index in [1.807, 2.05) is 0 Å². The number of benzene rings is 2. The van der Waals surface area contributed by atoms with Crippen LogP contribution in [0.1, 0.15) is 21.0 Å². The lowest BCUT2D eigenvalue weighted by Gasteiger charge is -2.07. The standard InChI is InChI=1S/C20H13FN2O5S/c21-11-3-6-13-14(24)9-16(28-15(13)8-11)18(25)22-12-4-1-10(2-5-12)7-17-19(26)23-20(27)29-17/h1-6,8-9,26H,7H2,(H,22,25)(H,23,27). The molecule has 4 rings (SSSR count). The van der Waals surface area contributed by atoms with Crippen LogP contribution in [0.2, 0.25) is 0 Å². The summed E-state index contributed by atoms with van der Waals surface area (Å²) in [7, 11) is 0. The minimum absolute atomic E-state index is 0.0108. The Bertz CT molecular complexity index is 1340. The highest BCUT2D eigenvalue weighted by molar-refractivity contribution is 7.09.